The first-order valence-electron chi connectivity index (χ1n) is 9.88. The molecule has 0 spiro atoms. The molecule has 31 heavy (non-hydrogen) atoms. The van der Waals surface area contributed by atoms with Crippen LogP contribution in [0.15, 0.2) is 60.0 Å². The van der Waals surface area contributed by atoms with Crippen molar-refractivity contribution in [2.75, 3.05) is 26.9 Å². The summed E-state index contributed by atoms with van der Waals surface area (Å²) in [5.74, 6) is 2.07. The minimum atomic E-state index is -0.129. The highest BCUT2D eigenvalue weighted by molar-refractivity contribution is 8.26. The number of hydrogen-bond donors (Lipinski definition) is 0. The number of aryl methyl sites for hydroxylation is 1. The molecule has 7 heteroatoms. The minimum absolute atomic E-state index is 0.129. The van der Waals surface area contributed by atoms with Crippen LogP contribution in [0.1, 0.15) is 17.5 Å². The van der Waals surface area contributed by atoms with E-state index in [1.807, 2.05) is 49.4 Å². The van der Waals surface area contributed by atoms with Crippen LogP contribution in [0.5, 0.6) is 17.2 Å². The van der Waals surface area contributed by atoms with Gasteiger partial charge >= 0.3 is 0 Å². The van der Waals surface area contributed by atoms with Crippen LogP contribution in [0.2, 0.25) is 0 Å². The molecule has 0 radical (unpaired) electrons. The molecule has 2 aromatic carbocycles. The largest absolute Gasteiger partial charge is 0.497 e. The van der Waals surface area contributed by atoms with Crippen LogP contribution < -0.4 is 14.2 Å². The van der Waals surface area contributed by atoms with Gasteiger partial charge < -0.3 is 14.2 Å². The van der Waals surface area contributed by atoms with Gasteiger partial charge in [-0.15, -0.1) is 6.58 Å². The number of nitrogens with zero attached hydrogens (tertiary/aromatic N) is 1. The molecule has 3 rings (SSSR count). The molecule has 5 nitrogen and oxygen atoms in total. The number of carbonyl (C=O) groups excluding carboxylic acids is 1. The van der Waals surface area contributed by atoms with E-state index >= 15 is 0 Å². The number of thiocarbonyl (C=S) groups is 1. The zero-order valence-electron chi connectivity index (χ0n) is 17.6. The van der Waals surface area contributed by atoms with Gasteiger partial charge in [0.2, 0.25) is 0 Å². The topological polar surface area (TPSA) is 48.0 Å². The molecule has 1 heterocycles. The molecule has 0 atom stereocenters. The average Bonchev–Trinajstić information content (AvgIpc) is 3.03. The molecule has 0 bridgehead atoms. The normalized spacial score (nSPS) is 14.8. The number of ether oxygens (including phenoxy) is 3. The maximum absolute atomic E-state index is 12.6. The Bertz CT molecular complexity index is 986. The number of thioether (sulfide) groups is 1. The highest BCUT2D eigenvalue weighted by Crippen LogP contribution is 2.35. The van der Waals surface area contributed by atoms with Gasteiger partial charge in [0.25, 0.3) is 5.91 Å². The molecule has 1 aliphatic heterocycles. The lowest BCUT2D eigenvalue weighted by Crippen LogP contribution is -2.27. The van der Waals surface area contributed by atoms with Crippen molar-refractivity contribution >= 4 is 40.3 Å². The number of hydrogen-bond acceptors (Lipinski definition) is 6. The van der Waals surface area contributed by atoms with Gasteiger partial charge in [-0.25, -0.2) is 0 Å². The second kappa shape index (κ2) is 11.0. The van der Waals surface area contributed by atoms with Crippen LogP contribution >= 0.6 is 24.0 Å². The number of rotatable bonds is 10. The van der Waals surface area contributed by atoms with Crippen LogP contribution in [0.4, 0.5) is 0 Å². The lowest BCUT2D eigenvalue weighted by molar-refractivity contribution is -0.121. The van der Waals surface area contributed by atoms with Gasteiger partial charge in [0.05, 0.1) is 25.2 Å². The standard InChI is InChI=1S/C24H25NO4S2/c1-4-12-25-23(26)22(31-24(25)30)16-18-15-20(27-3)10-11-21(18)29-14-5-13-28-19-8-6-17(2)7-9-19/h4,6-11,15-16H,1,5,12-14H2,2-3H3. The van der Waals surface area contributed by atoms with Crippen LogP contribution in [0.25, 0.3) is 6.08 Å². The third kappa shape index (κ3) is 6.12. The Kier molecular flexibility index (Phi) is 8.14. The van der Waals surface area contributed by atoms with E-state index in [1.165, 1.54) is 22.2 Å². The van der Waals surface area contributed by atoms with E-state index in [-0.39, 0.29) is 5.91 Å². The Labute approximate surface area is 192 Å². The molecule has 1 fully saturated rings. The van der Waals surface area contributed by atoms with Gasteiger partial charge in [-0.2, -0.15) is 0 Å². The Balaban J connectivity index is 1.64. The third-order valence-corrected chi connectivity index (χ3v) is 5.90. The quantitative estimate of drug-likeness (QED) is 0.211. The Morgan fingerprint density at radius 1 is 1.10 bits per heavy atom. The first kappa shape index (κ1) is 22.9. The van der Waals surface area contributed by atoms with E-state index in [1.54, 1.807) is 19.3 Å². The number of methoxy groups -OCH3 is 1. The van der Waals surface area contributed by atoms with Crippen LogP contribution in [-0.4, -0.2) is 42.0 Å². The van der Waals surface area contributed by atoms with E-state index in [2.05, 4.69) is 6.58 Å². The first-order chi connectivity index (χ1) is 15.0. The summed E-state index contributed by atoms with van der Waals surface area (Å²) >= 11 is 6.59. The zero-order valence-corrected chi connectivity index (χ0v) is 19.3. The van der Waals surface area contributed by atoms with Gasteiger partial charge in [-0.1, -0.05) is 47.8 Å². The van der Waals surface area contributed by atoms with Crippen molar-refractivity contribution in [3.63, 3.8) is 0 Å². The zero-order chi connectivity index (χ0) is 22.2. The van der Waals surface area contributed by atoms with Crippen molar-refractivity contribution in [2.24, 2.45) is 0 Å². The minimum Gasteiger partial charge on any atom is -0.497 e. The molecule has 0 unspecified atom stereocenters. The molecule has 0 aliphatic carbocycles. The second-order valence-corrected chi connectivity index (χ2v) is 8.52. The molecule has 0 N–H and O–H groups in total. The molecule has 0 saturated carbocycles. The fourth-order valence-electron chi connectivity index (χ4n) is 2.89. The van der Waals surface area contributed by atoms with E-state index in [0.717, 1.165) is 17.7 Å². The van der Waals surface area contributed by atoms with Gasteiger partial charge in [0.1, 0.15) is 21.6 Å². The summed E-state index contributed by atoms with van der Waals surface area (Å²) in [5, 5.41) is 0. The smallest absolute Gasteiger partial charge is 0.266 e. The maximum Gasteiger partial charge on any atom is 0.266 e. The molecule has 162 valence electrons. The Morgan fingerprint density at radius 3 is 2.52 bits per heavy atom. The van der Waals surface area contributed by atoms with E-state index in [9.17, 15) is 4.79 Å². The van der Waals surface area contributed by atoms with Crippen molar-refractivity contribution in [1.29, 1.82) is 0 Å². The third-order valence-electron chi connectivity index (χ3n) is 4.52. The van der Waals surface area contributed by atoms with Gasteiger partial charge in [-0.3, -0.25) is 9.69 Å². The molecular formula is C24H25NO4S2. The van der Waals surface area contributed by atoms with Gasteiger partial charge in [0, 0.05) is 18.5 Å². The Morgan fingerprint density at radius 2 is 1.81 bits per heavy atom. The monoisotopic (exact) mass is 455 g/mol. The molecule has 1 amide bonds. The number of carbonyl (C=O) groups is 1. The number of benzene rings is 2. The predicted molar refractivity (Wildman–Crippen MR) is 130 cm³/mol. The summed E-state index contributed by atoms with van der Waals surface area (Å²) in [7, 11) is 1.60. The molecular weight excluding hydrogens is 430 g/mol. The fourth-order valence-corrected chi connectivity index (χ4v) is 4.16. The summed E-state index contributed by atoms with van der Waals surface area (Å²) in [6.07, 6.45) is 4.18. The van der Waals surface area contributed by atoms with Crippen molar-refractivity contribution < 1.29 is 19.0 Å². The predicted octanol–water partition coefficient (Wildman–Crippen LogP) is 5.24. The molecule has 0 aromatic heterocycles. The van der Waals surface area contributed by atoms with Crippen molar-refractivity contribution in [1.82, 2.24) is 4.90 Å². The average molecular weight is 456 g/mol. The molecule has 1 saturated heterocycles. The summed E-state index contributed by atoms with van der Waals surface area (Å²) in [6.45, 7) is 7.15. The van der Waals surface area contributed by atoms with Crippen LogP contribution in [0, 0.1) is 6.92 Å². The number of amides is 1. The van der Waals surface area contributed by atoms with E-state index in [4.69, 9.17) is 26.4 Å². The van der Waals surface area contributed by atoms with Crippen molar-refractivity contribution in [3.05, 3.63) is 71.2 Å². The van der Waals surface area contributed by atoms with Crippen LogP contribution in [-0.2, 0) is 4.79 Å². The van der Waals surface area contributed by atoms with Crippen molar-refractivity contribution in [3.8, 4) is 17.2 Å². The first-order valence-corrected chi connectivity index (χ1v) is 11.1. The van der Waals surface area contributed by atoms with Crippen LogP contribution in [0.3, 0.4) is 0 Å². The lowest BCUT2D eigenvalue weighted by atomic mass is 10.1. The molecule has 2 aromatic rings. The van der Waals surface area contributed by atoms with Crippen molar-refractivity contribution in [2.45, 2.75) is 13.3 Å². The lowest BCUT2D eigenvalue weighted by Gasteiger charge is -2.12. The van der Waals surface area contributed by atoms with Gasteiger partial charge in [-0.05, 0) is 43.3 Å². The SMILES string of the molecule is C=CCN1C(=O)C(=Cc2cc(OC)ccc2OCCCOc2ccc(C)cc2)SC1=S. The summed E-state index contributed by atoms with van der Waals surface area (Å²) in [6, 6.07) is 13.5. The highest BCUT2D eigenvalue weighted by atomic mass is 32.2. The maximum atomic E-state index is 12.6. The van der Waals surface area contributed by atoms with Gasteiger partial charge in [0.15, 0.2) is 0 Å². The van der Waals surface area contributed by atoms with E-state index in [0.29, 0.717) is 40.5 Å². The fraction of sp³-hybridized carbons (Fsp3) is 0.250. The molecule has 1 aliphatic rings. The van der Waals surface area contributed by atoms with E-state index < -0.39 is 0 Å². The Hall–Kier alpha value is -2.77. The second-order valence-electron chi connectivity index (χ2n) is 6.85. The highest BCUT2D eigenvalue weighted by Gasteiger charge is 2.31. The summed E-state index contributed by atoms with van der Waals surface area (Å²) in [4.78, 5) is 14.7. The summed E-state index contributed by atoms with van der Waals surface area (Å²) in [5.41, 5.74) is 1.96. The summed E-state index contributed by atoms with van der Waals surface area (Å²) < 4.78 is 17.6.